The van der Waals surface area contributed by atoms with E-state index in [0.29, 0.717) is 25.9 Å². The van der Waals surface area contributed by atoms with Gasteiger partial charge in [0.15, 0.2) is 0 Å². The van der Waals surface area contributed by atoms with Crippen LogP contribution in [0.5, 0.6) is 0 Å². The predicted octanol–water partition coefficient (Wildman–Crippen LogP) is -2.11. The molecule has 0 bridgehead atoms. The van der Waals surface area contributed by atoms with E-state index in [2.05, 4.69) is 0 Å². The molecule has 4 N–H and O–H groups in total. The van der Waals surface area contributed by atoms with Gasteiger partial charge in [-0.05, 0) is 13.1 Å². The van der Waals surface area contributed by atoms with Gasteiger partial charge in [-0.3, -0.25) is 0 Å². The Labute approximate surface area is 126 Å². The summed E-state index contributed by atoms with van der Waals surface area (Å²) in [6, 6.07) is 0. The van der Waals surface area contributed by atoms with Crippen LogP contribution < -0.4 is 21.7 Å². The Bertz CT molecular complexity index is 100. The number of rotatable bonds is 4. The Morgan fingerprint density at radius 2 is 0.944 bits per heavy atom. The minimum Gasteiger partial charge on any atom is -0.854 e. The normalized spacial score (nSPS) is 6.00. The molecule has 0 spiro atoms. The zero-order chi connectivity index (χ0) is 13.7. The van der Waals surface area contributed by atoms with Gasteiger partial charge in [-0.25, -0.2) is 0 Å². The quantitative estimate of drug-likeness (QED) is 0.319. The van der Waals surface area contributed by atoms with E-state index in [0.717, 1.165) is 10.7 Å². The zero-order valence-electron chi connectivity index (χ0n) is 9.34. The average molecular weight is 367 g/mol. The first-order valence-corrected chi connectivity index (χ1v) is 4.12. The van der Waals surface area contributed by atoms with Crippen molar-refractivity contribution in [3.63, 3.8) is 0 Å². The summed E-state index contributed by atoms with van der Waals surface area (Å²) in [5, 5.41) is 36.9. The second-order valence-corrected chi connectivity index (χ2v) is 1.84. The fraction of sp³-hybridized carbons (Fsp3) is 1.00. The third-order valence-corrected chi connectivity index (χ3v) is 0.697. The van der Waals surface area contributed by atoms with Gasteiger partial charge in [-0.15, -0.1) is 23.9 Å². The SMILES string of the molecule is NCCC[O-].NCCC[O-].O=N[O-].O=N[O-].[Cu+2].[Cu+2]. The number of nitrogens with zero attached hydrogens (tertiary/aromatic N) is 2. The van der Waals surface area contributed by atoms with Crippen LogP contribution in [0.4, 0.5) is 0 Å². The van der Waals surface area contributed by atoms with E-state index in [4.69, 9.17) is 31.7 Å². The van der Waals surface area contributed by atoms with E-state index < -0.39 is 0 Å². The Balaban J connectivity index is -0.0000000265. The van der Waals surface area contributed by atoms with E-state index in [1.54, 1.807) is 0 Å². The van der Waals surface area contributed by atoms with Gasteiger partial charge in [0.1, 0.15) is 0 Å². The van der Waals surface area contributed by atoms with Gasteiger partial charge in [0.05, 0.1) is 0 Å². The zero-order valence-corrected chi connectivity index (χ0v) is 11.2. The molecule has 0 saturated carbocycles. The first kappa shape index (κ1) is 36.1. The summed E-state index contributed by atoms with van der Waals surface area (Å²) in [7, 11) is 0. The standard InChI is InChI=1S/2C3H8NO.2Cu.2HNO2/c2*4-2-1-3-5;;;2*2-1-3/h2*1-4H2;;;2*(H,2,3)/q2*-1;2*+2;;/p-2. The summed E-state index contributed by atoms with van der Waals surface area (Å²) in [5.74, 6) is 0. The van der Waals surface area contributed by atoms with E-state index in [1.165, 1.54) is 0 Å². The van der Waals surface area contributed by atoms with Crippen LogP contribution in [0.1, 0.15) is 12.8 Å². The number of hydrogen-bond acceptors (Lipinski definition) is 10. The van der Waals surface area contributed by atoms with Crippen LogP contribution in [0.3, 0.4) is 0 Å². The van der Waals surface area contributed by atoms with Gasteiger partial charge in [-0.2, -0.15) is 0 Å². The molecule has 12 heteroatoms. The summed E-state index contributed by atoms with van der Waals surface area (Å²) >= 11 is 0. The summed E-state index contributed by atoms with van der Waals surface area (Å²) < 4.78 is 0. The van der Waals surface area contributed by atoms with E-state index in [1.807, 2.05) is 0 Å². The summed E-state index contributed by atoms with van der Waals surface area (Å²) in [6.07, 6.45) is 1.22. The van der Waals surface area contributed by atoms with Crippen LogP contribution in [0.15, 0.2) is 10.7 Å². The van der Waals surface area contributed by atoms with Crippen LogP contribution in [-0.2, 0) is 34.1 Å². The van der Waals surface area contributed by atoms with Gasteiger partial charge in [0.25, 0.3) is 0 Å². The van der Waals surface area contributed by atoms with E-state index in [9.17, 15) is 10.2 Å². The second kappa shape index (κ2) is 69.5. The van der Waals surface area contributed by atoms with Gasteiger partial charge >= 0.3 is 34.1 Å². The molecule has 0 aliphatic carbocycles. The molecule has 2 radical (unpaired) electrons. The third kappa shape index (κ3) is 250. The van der Waals surface area contributed by atoms with Crippen molar-refractivity contribution in [3.05, 3.63) is 20.2 Å². The monoisotopic (exact) mass is 366 g/mol. The van der Waals surface area contributed by atoms with Crippen molar-refractivity contribution >= 4 is 0 Å². The van der Waals surface area contributed by atoms with Crippen molar-refractivity contribution in [1.82, 2.24) is 0 Å². The maximum atomic E-state index is 9.45. The first-order valence-electron chi connectivity index (χ1n) is 4.12. The first-order chi connectivity index (χ1) is 7.66. The number of hydrogen-bond donors (Lipinski definition) is 2. The Morgan fingerprint density at radius 1 is 0.778 bits per heavy atom. The van der Waals surface area contributed by atoms with Crippen LogP contribution in [0.25, 0.3) is 0 Å². The Kier molecular flexibility index (Phi) is 139. The molecule has 10 nitrogen and oxygen atoms in total. The molecule has 0 aromatic carbocycles. The second-order valence-electron chi connectivity index (χ2n) is 1.84. The van der Waals surface area contributed by atoms with Crippen molar-refractivity contribution < 1.29 is 44.4 Å². The minimum atomic E-state index is -0.0312. The molecule has 118 valence electrons. The van der Waals surface area contributed by atoms with Crippen molar-refractivity contribution in [2.24, 2.45) is 22.1 Å². The molecule has 0 rings (SSSR count). The maximum Gasteiger partial charge on any atom is 2.00 e. The molecule has 0 atom stereocenters. The molecule has 0 aromatic rings. The fourth-order valence-corrected chi connectivity index (χ4v) is 0.167. The molecular weight excluding hydrogens is 351 g/mol. The van der Waals surface area contributed by atoms with Gasteiger partial charge in [-0.1, -0.05) is 12.8 Å². The molecule has 0 aliphatic heterocycles. The summed E-state index contributed by atoms with van der Waals surface area (Å²) in [4.78, 5) is 16.0. The van der Waals surface area contributed by atoms with Crippen molar-refractivity contribution in [3.8, 4) is 0 Å². The predicted molar refractivity (Wildman–Crippen MR) is 55.4 cm³/mol. The topological polar surface area (TPSA) is 203 Å². The smallest absolute Gasteiger partial charge is 0.854 e. The Morgan fingerprint density at radius 3 is 0.944 bits per heavy atom. The molecule has 0 saturated heterocycles. The minimum absolute atomic E-state index is 0. The van der Waals surface area contributed by atoms with Crippen LogP contribution in [0.2, 0.25) is 0 Å². The molecule has 0 heterocycles. The molecule has 0 fully saturated rings. The summed E-state index contributed by atoms with van der Waals surface area (Å²) in [6.45, 7) is 1.00. The average Bonchev–Trinajstić information content (AvgIpc) is 2.23. The van der Waals surface area contributed by atoms with Crippen LogP contribution in [-0.4, -0.2) is 26.3 Å². The van der Waals surface area contributed by atoms with Crippen molar-refractivity contribution in [2.75, 3.05) is 26.3 Å². The number of nitrogens with two attached hydrogens (primary N) is 2. The largest absolute Gasteiger partial charge is 2.00 e. The third-order valence-electron chi connectivity index (χ3n) is 0.697. The van der Waals surface area contributed by atoms with Gasteiger partial charge < -0.3 is 41.9 Å². The molecular formula is C6H16Cu2N4O6. The molecule has 0 unspecified atom stereocenters. The molecule has 18 heavy (non-hydrogen) atoms. The van der Waals surface area contributed by atoms with Crippen molar-refractivity contribution in [2.45, 2.75) is 12.8 Å². The van der Waals surface area contributed by atoms with E-state index >= 15 is 0 Å². The molecule has 0 aromatic heterocycles. The molecule has 0 aliphatic rings. The summed E-state index contributed by atoms with van der Waals surface area (Å²) in [5.41, 5.74) is 9.88. The van der Waals surface area contributed by atoms with Gasteiger partial charge in [0.2, 0.25) is 0 Å². The maximum absolute atomic E-state index is 9.45. The molecule has 0 amide bonds. The van der Waals surface area contributed by atoms with Crippen LogP contribution in [0, 0.1) is 20.2 Å². The van der Waals surface area contributed by atoms with E-state index in [-0.39, 0.29) is 47.4 Å². The fourth-order valence-electron chi connectivity index (χ4n) is 0.167. The van der Waals surface area contributed by atoms with Crippen LogP contribution >= 0.6 is 0 Å². The van der Waals surface area contributed by atoms with Crippen molar-refractivity contribution in [1.29, 1.82) is 0 Å². The Hall–Kier alpha value is -0.321. The van der Waals surface area contributed by atoms with Gasteiger partial charge in [0, 0.05) is 0 Å².